The van der Waals surface area contributed by atoms with E-state index < -0.39 is 0 Å². The smallest absolute Gasteiger partial charge is 0.256 e. The first-order chi connectivity index (χ1) is 13.0. The Balaban J connectivity index is 1.59. The van der Waals surface area contributed by atoms with E-state index in [1.54, 1.807) is 23.7 Å². The van der Waals surface area contributed by atoms with Gasteiger partial charge in [-0.15, -0.1) is 0 Å². The van der Waals surface area contributed by atoms with Crippen LogP contribution in [0.3, 0.4) is 0 Å². The van der Waals surface area contributed by atoms with E-state index in [4.69, 9.17) is 11.6 Å². The molecule has 1 aliphatic heterocycles. The van der Waals surface area contributed by atoms with Crippen LogP contribution in [0.25, 0.3) is 0 Å². The van der Waals surface area contributed by atoms with Crippen LogP contribution in [-0.2, 0) is 6.54 Å². The van der Waals surface area contributed by atoms with Gasteiger partial charge in [0.05, 0.1) is 17.8 Å². The van der Waals surface area contributed by atoms with Gasteiger partial charge in [0, 0.05) is 13.1 Å². The van der Waals surface area contributed by atoms with Gasteiger partial charge < -0.3 is 10.2 Å². The number of carbonyl (C=O) groups is 1. The fraction of sp³-hybridized carbons (Fsp3) is 0.500. The van der Waals surface area contributed by atoms with Crippen LogP contribution in [0, 0.1) is 12.7 Å². The SMILES string of the molecule is Cc1nn(Cc2ccc(F)cc2)c(Cl)c1C(=O)NCCN1CCCCCC1. The number of halogens is 2. The Kier molecular flexibility index (Phi) is 6.85. The number of hydrogen-bond donors (Lipinski definition) is 1. The van der Waals surface area contributed by atoms with Crippen molar-refractivity contribution in [3.05, 3.63) is 52.1 Å². The molecule has 0 spiro atoms. The third-order valence-corrected chi connectivity index (χ3v) is 5.33. The van der Waals surface area contributed by atoms with Crippen LogP contribution in [0.2, 0.25) is 5.15 Å². The monoisotopic (exact) mass is 392 g/mol. The maximum absolute atomic E-state index is 13.0. The second-order valence-corrected chi connectivity index (χ2v) is 7.41. The van der Waals surface area contributed by atoms with Crippen LogP contribution in [0.1, 0.15) is 47.3 Å². The Hall–Kier alpha value is -1.92. The predicted octanol–water partition coefficient (Wildman–Crippen LogP) is 3.64. The van der Waals surface area contributed by atoms with Crippen molar-refractivity contribution in [2.45, 2.75) is 39.2 Å². The third-order valence-electron chi connectivity index (χ3n) is 4.95. The van der Waals surface area contributed by atoms with Crippen LogP contribution in [0.4, 0.5) is 4.39 Å². The van der Waals surface area contributed by atoms with E-state index in [2.05, 4.69) is 15.3 Å². The van der Waals surface area contributed by atoms with Gasteiger partial charge >= 0.3 is 0 Å². The summed E-state index contributed by atoms with van der Waals surface area (Å²) in [5.41, 5.74) is 1.87. The van der Waals surface area contributed by atoms with Gasteiger partial charge in [0.25, 0.3) is 5.91 Å². The first-order valence-corrected chi connectivity index (χ1v) is 9.90. The van der Waals surface area contributed by atoms with Crippen molar-refractivity contribution < 1.29 is 9.18 Å². The molecule has 3 rings (SSSR count). The summed E-state index contributed by atoms with van der Waals surface area (Å²) < 4.78 is 14.6. The Morgan fingerprint density at radius 1 is 1.19 bits per heavy atom. The highest BCUT2D eigenvalue weighted by Crippen LogP contribution is 2.21. The lowest BCUT2D eigenvalue weighted by molar-refractivity contribution is 0.0948. The highest BCUT2D eigenvalue weighted by atomic mass is 35.5. The van der Waals surface area contributed by atoms with Crippen LogP contribution >= 0.6 is 11.6 Å². The molecule has 0 atom stereocenters. The van der Waals surface area contributed by atoms with Gasteiger partial charge in [0.1, 0.15) is 11.0 Å². The summed E-state index contributed by atoms with van der Waals surface area (Å²) in [4.78, 5) is 15.0. The Bertz CT molecular complexity index is 767. The van der Waals surface area contributed by atoms with E-state index in [9.17, 15) is 9.18 Å². The number of amides is 1. The molecule has 27 heavy (non-hydrogen) atoms. The number of rotatable bonds is 6. The van der Waals surface area contributed by atoms with E-state index in [1.165, 1.54) is 37.8 Å². The Morgan fingerprint density at radius 3 is 2.52 bits per heavy atom. The molecule has 1 saturated heterocycles. The number of hydrogen-bond acceptors (Lipinski definition) is 3. The molecular formula is C20H26ClFN4O. The summed E-state index contributed by atoms with van der Waals surface area (Å²) in [5.74, 6) is -0.483. The zero-order valence-corrected chi connectivity index (χ0v) is 16.4. The molecule has 7 heteroatoms. The Labute approximate surface area is 164 Å². The van der Waals surface area contributed by atoms with Crippen LogP contribution in [-0.4, -0.2) is 46.8 Å². The second-order valence-electron chi connectivity index (χ2n) is 7.05. The topological polar surface area (TPSA) is 50.2 Å². The van der Waals surface area contributed by atoms with Crippen molar-refractivity contribution in [2.75, 3.05) is 26.2 Å². The van der Waals surface area contributed by atoms with Crippen LogP contribution in [0.15, 0.2) is 24.3 Å². The number of aryl methyl sites for hydroxylation is 1. The van der Waals surface area contributed by atoms with Gasteiger partial charge in [-0.25, -0.2) is 9.07 Å². The van der Waals surface area contributed by atoms with Crippen molar-refractivity contribution in [3.8, 4) is 0 Å². The molecule has 1 aromatic heterocycles. The summed E-state index contributed by atoms with van der Waals surface area (Å²) >= 11 is 6.41. The highest BCUT2D eigenvalue weighted by molar-refractivity contribution is 6.33. The van der Waals surface area contributed by atoms with E-state index in [1.807, 2.05) is 0 Å². The van der Waals surface area contributed by atoms with Crippen molar-refractivity contribution in [1.82, 2.24) is 20.0 Å². The number of nitrogens with zero attached hydrogens (tertiary/aromatic N) is 3. The lowest BCUT2D eigenvalue weighted by Crippen LogP contribution is -2.35. The lowest BCUT2D eigenvalue weighted by atomic mass is 10.2. The summed E-state index contributed by atoms with van der Waals surface area (Å²) in [6, 6.07) is 6.17. The lowest BCUT2D eigenvalue weighted by Gasteiger charge is -2.19. The normalized spacial score (nSPS) is 15.5. The molecular weight excluding hydrogens is 367 g/mol. The van der Waals surface area contributed by atoms with Crippen molar-refractivity contribution in [3.63, 3.8) is 0 Å². The molecule has 1 fully saturated rings. The summed E-state index contributed by atoms with van der Waals surface area (Å²) in [5, 5.41) is 7.65. The maximum atomic E-state index is 13.0. The summed E-state index contributed by atoms with van der Waals surface area (Å²) in [7, 11) is 0. The minimum absolute atomic E-state index is 0.197. The first-order valence-electron chi connectivity index (χ1n) is 9.52. The number of benzene rings is 1. The van der Waals surface area contributed by atoms with Gasteiger partial charge in [-0.05, 0) is 50.6 Å². The summed E-state index contributed by atoms with van der Waals surface area (Å²) in [6.45, 7) is 5.82. The van der Waals surface area contributed by atoms with Crippen molar-refractivity contribution in [1.29, 1.82) is 0 Å². The maximum Gasteiger partial charge on any atom is 0.256 e. The van der Waals surface area contributed by atoms with Gasteiger partial charge in [-0.2, -0.15) is 5.10 Å². The molecule has 0 saturated carbocycles. The average Bonchev–Trinajstić information content (AvgIpc) is 2.82. The predicted molar refractivity (Wildman–Crippen MR) is 105 cm³/mol. The number of nitrogens with one attached hydrogen (secondary N) is 1. The molecule has 0 unspecified atom stereocenters. The van der Waals surface area contributed by atoms with Gasteiger partial charge in [-0.1, -0.05) is 36.6 Å². The molecule has 1 amide bonds. The molecule has 2 heterocycles. The van der Waals surface area contributed by atoms with Crippen molar-refractivity contribution >= 4 is 17.5 Å². The van der Waals surface area contributed by atoms with E-state index >= 15 is 0 Å². The standard InChI is InChI=1S/C20H26ClFN4O/c1-15-18(20(27)23-10-13-25-11-4-2-3-5-12-25)19(21)26(24-15)14-16-6-8-17(22)9-7-16/h6-9H,2-5,10-14H2,1H3,(H,23,27). The number of carbonyl (C=O) groups excluding carboxylic acids is 1. The van der Waals surface area contributed by atoms with Gasteiger partial charge in [0.15, 0.2) is 0 Å². The molecule has 1 aliphatic rings. The zero-order chi connectivity index (χ0) is 19.2. The molecule has 1 aromatic carbocycles. The first kappa shape index (κ1) is 19.8. The van der Waals surface area contributed by atoms with Gasteiger partial charge in [-0.3, -0.25) is 4.79 Å². The number of aromatic nitrogens is 2. The Morgan fingerprint density at radius 2 is 1.85 bits per heavy atom. The average molecular weight is 393 g/mol. The van der Waals surface area contributed by atoms with Crippen LogP contribution < -0.4 is 5.32 Å². The summed E-state index contributed by atoms with van der Waals surface area (Å²) in [6.07, 6.45) is 5.06. The largest absolute Gasteiger partial charge is 0.351 e. The molecule has 146 valence electrons. The third kappa shape index (κ3) is 5.30. The molecule has 0 bridgehead atoms. The minimum atomic E-state index is -0.286. The molecule has 1 N–H and O–H groups in total. The number of likely N-dealkylation sites (tertiary alicyclic amines) is 1. The molecule has 0 aliphatic carbocycles. The zero-order valence-electron chi connectivity index (χ0n) is 15.7. The van der Waals surface area contributed by atoms with E-state index in [-0.39, 0.29) is 11.7 Å². The quantitative estimate of drug-likeness (QED) is 0.816. The van der Waals surface area contributed by atoms with Crippen molar-refractivity contribution in [2.24, 2.45) is 0 Å². The fourth-order valence-corrected chi connectivity index (χ4v) is 3.77. The van der Waals surface area contributed by atoms with E-state index in [0.717, 1.165) is 25.2 Å². The van der Waals surface area contributed by atoms with Crippen LogP contribution in [0.5, 0.6) is 0 Å². The van der Waals surface area contributed by atoms with Gasteiger partial charge in [0.2, 0.25) is 0 Å². The fourth-order valence-electron chi connectivity index (χ4n) is 3.45. The molecule has 2 aromatic rings. The second kappa shape index (κ2) is 9.33. The van der Waals surface area contributed by atoms with E-state index in [0.29, 0.717) is 29.5 Å². The highest BCUT2D eigenvalue weighted by Gasteiger charge is 2.20. The molecule has 0 radical (unpaired) electrons. The molecule has 5 nitrogen and oxygen atoms in total. The minimum Gasteiger partial charge on any atom is -0.351 e.